The summed E-state index contributed by atoms with van der Waals surface area (Å²) < 4.78 is 5.42. The Balaban J connectivity index is 1.36. The number of hydrogen-bond donors (Lipinski definition) is 2. The summed E-state index contributed by atoms with van der Waals surface area (Å²) in [5.41, 5.74) is 3.06. The zero-order chi connectivity index (χ0) is 23.2. The zero-order valence-electron chi connectivity index (χ0n) is 19.3. The maximum atomic E-state index is 12.5. The Labute approximate surface area is 195 Å². The van der Waals surface area contributed by atoms with E-state index in [0.29, 0.717) is 17.2 Å². The summed E-state index contributed by atoms with van der Waals surface area (Å²) in [6.07, 6.45) is 3.31. The Hall–Kier alpha value is -2.90. The van der Waals surface area contributed by atoms with E-state index in [1.54, 1.807) is 24.3 Å². The van der Waals surface area contributed by atoms with Gasteiger partial charge in [-0.1, -0.05) is 17.7 Å². The molecule has 0 bridgehead atoms. The van der Waals surface area contributed by atoms with Crippen LogP contribution in [0.1, 0.15) is 45.5 Å². The molecule has 7 nitrogen and oxygen atoms in total. The molecule has 0 radical (unpaired) electrons. The smallest absolute Gasteiger partial charge is 0.337 e. The van der Waals surface area contributed by atoms with Crippen molar-refractivity contribution in [2.24, 2.45) is 5.92 Å². The van der Waals surface area contributed by atoms with Crippen molar-refractivity contribution in [1.29, 1.82) is 0 Å². The second-order valence-corrected chi connectivity index (χ2v) is 9.03. The van der Waals surface area contributed by atoms with Crippen molar-refractivity contribution < 1.29 is 19.4 Å². The van der Waals surface area contributed by atoms with Gasteiger partial charge in [0.15, 0.2) is 0 Å². The average molecular weight is 452 g/mol. The summed E-state index contributed by atoms with van der Waals surface area (Å²) in [5, 5.41) is 12.7. The third-order valence-electron chi connectivity index (χ3n) is 6.71. The molecule has 1 amide bonds. The van der Waals surface area contributed by atoms with Crippen molar-refractivity contribution in [3.05, 3.63) is 59.2 Å². The number of benzene rings is 2. The molecule has 0 saturated carbocycles. The highest BCUT2D eigenvalue weighted by Crippen LogP contribution is 2.30. The van der Waals surface area contributed by atoms with Gasteiger partial charge in [0.25, 0.3) is 5.91 Å². The maximum Gasteiger partial charge on any atom is 0.337 e. The molecule has 0 aliphatic carbocycles. The molecule has 2 heterocycles. The second kappa shape index (κ2) is 10.8. The molecule has 2 N–H and O–H groups in total. The van der Waals surface area contributed by atoms with Crippen LogP contribution in [0.5, 0.6) is 0 Å². The average Bonchev–Trinajstić information content (AvgIpc) is 2.84. The molecule has 33 heavy (non-hydrogen) atoms. The van der Waals surface area contributed by atoms with Crippen LogP contribution in [0.15, 0.2) is 42.5 Å². The van der Waals surface area contributed by atoms with Crippen molar-refractivity contribution in [2.75, 3.05) is 56.2 Å². The summed E-state index contributed by atoms with van der Waals surface area (Å²) in [5.74, 6) is -0.559. The van der Waals surface area contributed by atoms with Crippen LogP contribution in [0.4, 0.5) is 11.4 Å². The summed E-state index contributed by atoms with van der Waals surface area (Å²) in [6, 6.07) is 12.5. The highest BCUT2D eigenvalue weighted by molar-refractivity contribution is 6.05. The number of nitrogens with zero attached hydrogens (tertiary/aromatic N) is 2. The van der Waals surface area contributed by atoms with Gasteiger partial charge in [-0.05, 0) is 69.0 Å². The van der Waals surface area contributed by atoms with Gasteiger partial charge in [-0.25, -0.2) is 4.79 Å². The number of morpholine rings is 1. The summed E-state index contributed by atoms with van der Waals surface area (Å²) in [6.45, 7) is 8.49. The monoisotopic (exact) mass is 451 g/mol. The van der Waals surface area contributed by atoms with Crippen molar-refractivity contribution in [1.82, 2.24) is 4.90 Å². The fourth-order valence-corrected chi connectivity index (χ4v) is 4.62. The van der Waals surface area contributed by atoms with Gasteiger partial charge >= 0.3 is 5.97 Å². The first-order valence-corrected chi connectivity index (χ1v) is 11.8. The summed E-state index contributed by atoms with van der Waals surface area (Å²) in [4.78, 5) is 29.2. The normalized spacial score (nSPS) is 17.7. The molecular weight excluding hydrogens is 418 g/mol. The molecular formula is C26H33N3O4. The molecule has 0 unspecified atom stereocenters. The lowest BCUT2D eigenvalue weighted by atomic mass is 9.92. The minimum atomic E-state index is -0.981. The number of aryl methyl sites for hydroxylation is 1. The fraction of sp³-hybridized carbons (Fsp3) is 0.462. The fourth-order valence-electron chi connectivity index (χ4n) is 4.62. The van der Waals surface area contributed by atoms with E-state index in [2.05, 4.69) is 15.1 Å². The summed E-state index contributed by atoms with van der Waals surface area (Å²) >= 11 is 0. The van der Waals surface area contributed by atoms with Crippen LogP contribution < -0.4 is 10.2 Å². The lowest BCUT2D eigenvalue weighted by Gasteiger charge is -2.35. The number of rotatable bonds is 7. The minimum Gasteiger partial charge on any atom is -0.478 e. The van der Waals surface area contributed by atoms with Gasteiger partial charge < -0.3 is 20.1 Å². The number of piperidine rings is 1. The number of carboxylic acids is 1. The van der Waals surface area contributed by atoms with Crippen LogP contribution in [0, 0.1) is 12.8 Å². The molecule has 2 aliphatic heterocycles. The largest absolute Gasteiger partial charge is 0.478 e. The Bertz CT molecular complexity index is 962. The quantitative estimate of drug-likeness (QED) is 0.665. The van der Waals surface area contributed by atoms with Gasteiger partial charge in [0, 0.05) is 37.4 Å². The number of carbonyl (C=O) groups is 2. The first-order valence-electron chi connectivity index (χ1n) is 11.8. The number of anilines is 2. The molecule has 2 fully saturated rings. The van der Waals surface area contributed by atoms with E-state index in [1.165, 1.54) is 6.42 Å². The molecule has 0 aromatic heterocycles. The highest BCUT2D eigenvalue weighted by atomic mass is 16.5. The summed E-state index contributed by atoms with van der Waals surface area (Å²) in [7, 11) is 0. The third-order valence-corrected chi connectivity index (χ3v) is 6.71. The number of aromatic carboxylic acids is 1. The van der Waals surface area contributed by atoms with Crippen LogP contribution in [0.3, 0.4) is 0 Å². The standard InChI is InChI=1S/C26H33N3O4/c1-19-2-4-21(5-3-19)25(30)27-22-6-7-24(23(18-22)26(31)32)29-12-9-20(10-13-29)8-11-28-14-16-33-17-15-28/h2-7,18,20H,8-17H2,1H3,(H,27,30)(H,31,32). The third kappa shape index (κ3) is 6.12. The number of ether oxygens (including phenoxy) is 1. The van der Waals surface area contributed by atoms with Crippen LogP contribution in [-0.4, -0.2) is 67.8 Å². The topological polar surface area (TPSA) is 82.1 Å². The van der Waals surface area contributed by atoms with Crippen LogP contribution in [0.25, 0.3) is 0 Å². The van der Waals surface area contributed by atoms with E-state index >= 15 is 0 Å². The Morgan fingerprint density at radius 3 is 2.39 bits per heavy atom. The van der Waals surface area contributed by atoms with Gasteiger partial charge in [0.1, 0.15) is 0 Å². The van der Waals surface area contributed by atoms with Crippen LogP contribution in [-0.2, 0) is 4.74 Å². The molecule has 7 heteroatoms. The van der Waals surface area contributed by atoms with Gasteiger partial charge in [-0.15, -0.1) is 0 Å². The maximum absolute atomic E-state index is 12.5. The molecule has 2 aromatic carbocycles. The zero-order valence-corrected chi connectivity index (χ0v) is 19.3. The Morgan fingerprint density at radius 2 is 1.73 bits per heavy atom. The van der Waals surface area contributed by atoms with E-state index < -0.39 is 5.97 Å². The molecule has 2 aromatic rings. The van der Waals surface area contributed by atoms with E-state index in [-0.39, 0.29) is 11.5 Å². The first-order chi connectivity index (χ1) is 16.0. The lowest BCUT2D eigenvalue weighted by Crippen LogP contribution is -2.39. The van der Waals surface area contributed by atoms with Crippen molar-refractivity contribution in [2.45, 2.75) is 26.2 Å². The Kier molecular flexibility index (Phi) is 7.62. The number of hydrogen-bond acceptors (Lipinski definition) is 5. The van der Waals surface area contributed by atoms with Gasteiger partial charge in [0.2, 0.25) is 0 Å². The molecule has 0 spiro atoms. The van der Waals surface area contributed by atoms with Gasteiger partial charge in [-0.3, -0.25) is 9.69 Å². The van der Waals surface area contributed by atoms with E-state index in [0.717, 1.165) is 70.0 Å². The molecule has 2 saturated heterocycles. The number of amides is 1. The van der Waals surface area contributed by atoms with Crippen molar-refractivity contribution in [3.8, 4) is 0 Å². The number of carboxylic acid groups (broad SMARTS) is 1. The number of nitrogens with one attached hydrogen (secondary N) is 1. The van der Waals surface area contributed by atoms with Crippen molar-refractivity contribution >= 4 is 23.3 Å². The van der Waals surface area contributed by atoms with E-state index in [9.17, 15) is 14.7 Å². The van der Waals surface area contributed by atoms with Gasteiger partial charge in [0.05, 0.1) is 24.5 Å². The molecule has 176 valence electrons. The second-order valence-electron chi connectivity index (χ2n) is 9.03. The molecule has 4 rings (SSSR count). The lowest BCUT2D eigenvalue weighted by molar-refractivity contribution is 0.0349. The van der Waals surface area contributed by atoms with Crippen LogP contribution >= 0.6 is 0 Å². The predicted molar refractivity (Wildman–Crippen MR) is 129 cm³/mol. The van der Waals surface area contributed by atoms with E-state index in [1.807, 2.05) is 25.1 Å². The van der Waals surface area contributed by atoms with Crippen LogP contribution in [0.2, 0.25) is 0 Å². The predicted octanol–water partition coefficient (Wildman–Crippen LogP) is 3.88. The van der Waals surface area contributed by atoms with Crippen molar-refractivity contribution in [3.63, 3.8) is 0 Å². The van der Waals surface area contributed by atoms with Gasteiger partial charge in [-0.2, -0.15) is 0 Å². The first kappa shape index (κ1) is 23.3. The highest BCUT2D eigenvalue weighted by Gasteiger charge is 2.24. The molecule has 2 aliphatic rings. The molecule has 0 atom stereocenters. The SMILES string of the molecule is Cc1ccc(C(=O)Nc2ccc(N3CCC(CCN4CCOCC4)CC3)c(C(=O)O)c2)cc1. The number of carbonyl (C=O) groups excluding carboxylic acids is 1. The minimum absolute atomic E-state index is 0.225. The van der Waals surface area contributed by atoms with E-state index in [4.69, 9.17) is 4.74 Å². The Morgan fingerprint density at radius 1 is 1.03 bits per heavy atom.